The van der Waals surface area contributed by atoms with Crippen molar-refractivity contribution in [3.63, 3.8) is 0 Å². The summed E-state index contributed by atoms with van der Waals surface area (Å²) in [5.74, 6) is 4.52. The fourth-order valence-electron chi connectivity index (χ4n) is 4.93. The quantitative estimate of drug-likeness (QED) is 0.514. The molecule has 3 aliphatic rings. The Morgan fingerprint density at radius 2 is 1.33 bits per heavy atom. The highest BCUT2D eigenvalue weighted by Gasteiger charge is 2.59. The Kier molecular flexibility index (Phi) is 1.28. The van der Waals surface area contributed by atoms with Gasteiger partial charge in [-0.15, -0.1) is 0 Å². The summed E-state index contributed by atoms with van der Waals surface area (Å²) in [5.41, 5.74) is 0.718. The summed E-state index contributed by atoms with van der Waals surface area (Å²) in [6.45, 7) is 5.07. The van der Waals surface area contributed by atoms with Gasteiger partial charge in [0.1, 0.15) is 0 Å². The summed E-state index contributed by atoms with van der Waals surface area (Å²) >= 11 is 0. The zero-order valence-corrected chi connectivity index (χ0v) is 8.34. The molecule has 0 heterocycles. The molecule has 3 fully saturated rings. The lowest BCUT2D eigenvalue weighted by atomic mass is 9.79. The van der Waals surface area contributed by atoms with Crippen LogP contribution < -0.4 is 0 Å². The molecule has 3 saturated carbocycles. The Morgan fingerprint density at radius 1 is 0.833 bits per heavy atom. The van der Waals surface area contributed by atoms with Gasteiger partial charge in [0.05, 0.1) is 0 Å². The van der Waals surface area contributed by atoms with Crippen molar-refractivity contribution in [1.29, 1.82) is 0 Å². The molecule has 0 radical (unpaired) electrons. The Labute approximate surface area is 75.7 Å². The molecule has 3 aliphatic carbocycles. The standard InChI is InChI=1S/C12H20/c1-12(2)10-6-7-11(12)9-5-3-4-8(9)10/h8-11H,3-7H2,1-2H3/t8-,9+,10+,11-. The Morgan fingerprint density at radius 3 is 1.83 bits per heavy atom. The van der Waals surface area contributed by atoms with Gasteiger partial charge >= 0.3 is 0 Å². The van der Waals surface area contributed by atoms with Gasteiger partial charge in [-0.1, -0.05) is 20.3 Å². The highest BCUT2D eigenvalue weighted by molar-refractivity contribution is 5.08. The van der Waals surface area contributed by atoms with Crippen molar-refractivity contribution in [3.05, 3.63) is 0 Å². The van der Waals surface area contributed by atoms with Crippen LogP contribution in [0, 0.1) is 29.1 Å². The Bertz CT molecular complexity index is 184. The second kappa shape index (κ2) is 2.08. The van der Waals surface area contributed by atoms with Gasteiger partial charge in [-0.3, -0.25) is 0 Å². The SMILES string of the molecule is CC1(C)[C@@H]2CC[C@H]1[C@@H]1CCC[C@@H]12. The molecule has 0 aromatic carbocycles. The number of hydrogen-bond donors (Lipinski definition) is 0. The van der Waals surface area contributed by atoms with Gasteiger partial charge in [-0.05, 0) is 54.8 Å². The maximum absolute atomic E-state index is 2.54. The largest absolute Gasteiger partial charge is 0.0594 e. The second-order valence-corrected chi connectivity index (χ2v) is 5.87. The van der Waals surface area contributed by atoms with E-state index >= 15 is 0 Å². The molecule has 0 nitrogen and oxygen atoms in total. The number of fused-ring (bicyclic) bond motifs is 5. The fourth-order valence-corrected chi connectivity index (χ4v) is 4.93. The minimum atomic E-state index is 0.718. The van der Waals surface area contributed by atoms with Crippen molar-refractivity contribution in [2.45, 2.75) is 46.0 Å². The lowest BCUT2D eigenvalue weighted by Gasteiger charge is -2.26. The van der Waals surface area contributed by atoms with Crippen LogP contribution in [0.5, 0.6) is 0 Å². The predicted octanol–water partition coefficient (Wildman–Crippen LogP) is 3.47. The fraction of sp³-hybridized carbons (Fsp3) is 1.00. The second-order valence-electron chi connectivity index (χ2n) is 5.87. The molecule has 0 unspecified atom stereocenters. The third-order valence-corrected chi connectivity index (χ3v) is 5.36. The monoisotopic (exact) mass is 164 g/mol. The van der Waals surface area contributed by atoms with E-state index in [2.05, 4.69) is 13.8 Å². The first-order valence-electron chi connectivity index (χ1n) is 5.71. The normalized spacial score (nSPS) is 54.5. The third-order valence-electron chi connectivity index (χ3n) is 5.36. The van der Waals surface area contributed by atoms with Gasteiger partial charge in [0.2, 0.25) is 0 Å². The molecule has 0 saturated heterocycles. The van der Waals surface area contributed by atoms with E-state index in [1.54, 1.807) is 32.1 Å². The van der Waals surface area contributed by atoms with E-state index < -0.39 is 0 Å². The molecule has 0 spiro atoms. The highest BCUT2D eigenvalue weighted by Crippen LogP contribution is 2.67. The number of rotatable bonds is 0. The molecule has 0 aliphatic heterocycles. The highest BCUT2D eigenvalue weighted by atomic mass is 14.6. The van der Waals surface area contributed by atoms with Crippen LogP contribution in [-0.4, -0.2) is 0 Å². The minimum Gasteiger partial charge on any atom is -0.0594 e. The van der Waals surface area contributed by atoms with Gasteiger partial charge in [0.25, 0.3) is 0 Å². The molecule has 0 N–H and O–H groups in total. The van der Waals surface area contributed by atoms with Crippen LogP contribution in [0.15, 0.2) is 0 Å². The van der Waals surface area contributed by atoms with Crippen LogP contribution in [0.1, 0.15) is 46.0 Å². The first kappa shape index (κ1) is 7.41. The van der Waals surface area contributed by atoms with Gasteiger partial charge in [-0.25, -0.2) is 0 Å². The van der Waals surface area contributed by atoms with E-state index in [0.29, 0.717) is 0 Å². The third kappa shape index (κ3) is 0.661. The van der Waals surface area contributed by atoms with Crippen LogP contribution in [0.25, 0.3) is 0 Å². The molecule has 0 amide bonds. The zero-order valence-electron chi connectivity index (χ0n) is 8.34. The summed E-state index contributed by atoms with van der Waals surface area (Å²) in [7, 11) is 0. The van der Waals surface area contributed by atoms with Crippen LogP contribution in [-0.2, 0) is 0 Å². The van der Waals surface area contributed by atoms with Crippen molar-refractivity contribution in [3.8, 4) is 0 Å². The first-order valence-corrected chi connectivity index (χ1v) is 5.71. The van der Waals surface area contributed by atoms with Crippen molar-refractivity contribution < 1.29 is 0 Å². The molecule has 68 valence electrons. The maximum atomic E-state index is 2.54. The van der Waals surface area contributed by atoms with Crippen LogP contribution in [0.3, 0.4) is 0 Å². The molecule has 0 aromatic rings. The average molecular weight is 164 g/mol. The lowest BCUT2D eigenvalue weighted by molar-refractivity contribution is 0.226. The molecule has 2 bridgehead atoms. The van der Waals surface area contributed by atoms with Crippen molar-refractivity contribution >= 4 is 0 Å². The smallest absolute Gasteiger partial charge is 0.0292 e. The molecular weight excluding hydrogens is 144 g/mol. The molecule has 0 aromatic heterocycles. The molecule has 12 heavy (non-hydrogen) atoms. The van der Waals surface area contributed by atoms with Crippen molar-refractivity contribution in [2.24, 2.45) is 29.1 Å². The molecule has 4 atom stereocenters. The average Bonchev–Trinajstić information content (AvgIpc) is 2.60. The van der Waals surface area contributed by atoms with E-state index in [-0.39, 0.29) is 0 Å². The van der Waals surface area contributed by atoms with Crippen molar-refractivity contribution in [2.75, 3.05) is 0 Å². The Balaban J connectivity index is 1.99. The number of hydrogen-bond acceptors (Lipinski definition) is 0. The Hall–Kier alpha value is 0. The van der Waals surface area contributed by atoms with Gasteiger partial charge in [-0.2, -0.15) is 0 Å². The summed E-state index contributed by atoms with van der Waals surface area (Å²) in [4.78, 5) is 0. The maximum Gasteiger partial charge on any atom is -0.0292 e. The minimum absolute atomic E-state index is 0.718. The van der Waals surface area contributed by atoms with E-state index in [9.17, 15) is 0 Å². The van der Waals surface area contributed by atoms with E-state index in [0.717, 1.165) is 29.1 Å². The summed E-state index contributed by atoms with van der Waals surface area (Å²) in [6, 6.07) is 0. The summed E-state index contributed by atoms with van der Waals surface area (Å²) in [5, 5.41) is 0. The van der Waals surface area contributed by atoms with Crippen LogP contribution in [0.4, 0.5) is 0 Å². The summed E-state index contributed by atoms with van der Waals surface area (Å²) < 4.78 is 0. The lowest BCUT2D eigenvalue weighted by Crippen LogP contribution is -2.19. The van der Waals surface area contributed by atoms with E-state index in [1.165, 1.54) is 0 Å². The summed E-state index contributed by atoms with van der Waals surface area (Å²) in [6.07, 6.45) is 7.78. The molecule has 0 heteroatoms. The van der Waals surface area contributed by atoms with Crippen molar-refractivity contribution in [1.82, 2.24) is 0 Å². The predicted molar refractivity (Wildman–Crippen MR) is 50.8 cm³/mol. The van der Waals surface area contributed by atoms with Gasteiger partial charge < -0.3 is 0 Å². The van der Waals surface area contributed by atoms with Crippen LogP contribution >= 0.6 is 0 Å². The van der Waals surface area contributed by atoms with E-state index in [1.807, 2.05) is 0 Å². The topological polar surface area (TPSA) is 0 Å². The molecular formula is C12H20. The van der Waals surface area contributed by atoms with Crippen LogP contribution in [0.2, 0.25) is 0 Å². The van der Waals surface area contributed by atoms with Gasteiger partial charge in [0, 0.05) is 0 Å². The zero-order chi connectivity index (χ0) is 8.34. The van der Waals surface area contributed by atoms with Gasteiger partial charge in [0.15, 0.2) is 0 Å². The van der Waals surface area contributed by atoms with E-state index in [4.69, 9.17) is 0 Å². The first-order chi connectivity index (χ1) is 5.71. The molecule has 3 rings (SSSR count).